The highest BCUT2D eigenvalue weighted by molar-refractivity contribution is 5.76. The van der Waals surface area contributed by atoms with Gasteiger partial charge in [-0.25, -0.2) is 0 Å². The molecular weight excluding hydrogens is 292 g/mol. The molecule has 3 aromatic rings. The first-order valence-corrected chi connectivity index (χ1v) is 8.15. The molecule has 2 nitrogen and oxygen atoms in total. The van der Waals surface area contributed by atoms with Gasteiger partial charge in [0.05, 0.1) is 5.69 Å². The van der Waals surface area contributed by atoms with Crippen LogP contribution < -0.4 is 4.90 Å². The first-order chi connectivity index (χ1) is 11.7. The molecule has 120 valence electrons. The Balaban J connectivity index is 1.89. The van der Waals surface area contributed by atoms with E-state index in [0.717, 1.165) is 5.69 Å². The first-order valence-electron chi connectivity index (χ1n) is 8.15. The molecule has 0 spiro atoms. The highest BCUT2D eigenvalue weighted by atomic mass is 15.1. The van der Waals surface area contributed by atoms with Crippen molar-refractivity contribution < 1.29 is 0 Å². The average molecular weight is 314 g/mol. The van der Waals surface area contributed by atoms with Crippen LogP contribution in [0.15, 0.2) is 89.9 Å². The first kappa shape index (κ1) is 16.0. The lowest BCUT2D eigenvalue weighted by Gasteiger charge is -2.14. The van der Waals surface area contributed by atoms with Crippen LogP contribution in [-0.4, -0.2) is 20.3 Å². The van der Waals surface area contributed by atoms with Gasteiger partial charge < -0.3 is 4.90 Å². The summed E-state index contributed by atoms with van der Waals surface area (Å²) in [5.41, 5.74) is 4.64. The Morgan fingerprint density at radius 3 is 1.67 bits per heavy atom. The molecular formula is C22H22N2. The van der Waals surface area contributed by atoms with E-state index in [9.17, 15) is 0 Å². The summed E-state index contributed by atoms with van der Waals surface area (Å²) in [4.78, 5) is 6.80. The summed E-state index contributed by atoms with van der Waals surface area (Å²) in [5.74, 6) is 0.154. The van der Waals surface area contributed by atoms with Crippen LogP contribution in [0.2, 0.25) is 0 Å². The molecule has 0 saturated carbocycles. The SMILES string of the molecule is CN(C)c1ccc(N=CC(c2ccccc2)c2ccccc2)cc1. The second-order valence-corrected chi connectivity index (χ2v) is 5.99. The van der Waals surface area contributed by atoms with Crippen molar-refractivity contribution in [2.24, 2.45) is 4.99 Å². The minimum atomic E-state index is 0.154. The zero-order chi connectivity index (χ0) is 16.8. The molecule has 2 heteroatoms. The fraction of sp³-hybridized carbons (Fsp3) is 0.136. The fourth-order valence-electron chi connectivity index (χ4n) is 2.68. The van der Waals surface area contributed by atoms with E-state index in [1.807, 2.05) is 32.4 Å². The van der Waals surface area contributed by atoms with E-state index >= 15 is 0 Å². The molecule has 0 radical (unpaired) electrons. The van der Waals surface area contributed by atoms with Crippen LogP contribution >= 0.6 is 0 Å². The molecule has 0 heterocycles. The van der Waals surface area contributed by atoms with Crippen molar-refractivity contribution in [1.82, 2.24) is 0 Å². The third-order valence-electron chi connectivity index (χ3n) is 4.06. The largest absolute Gasteiger partial charge is 0.378 e. The van der Waals surface area contributed by atoms with Crippen molar-refractivity contribution in [3.8, 4) is 0 Å². The third-order valence-corrected chi connectivity index (χ3v) is 4.06. The standard InChI is InChI=1S/C22H22N2/c1-24(2)21-15-13-20(14-16-21)23-17-22(18-9-5-3-6-10-18)19-11-7-4-8-12-19/h3-17,22H,1-2H3. The van der Waals surface area contributed by atoms with E-state index < -0.39 is 0 Å². The molecule has 0 bridgehead atoms. The number of hydrogen-bond acceptors (Lipinski definition) is 2. The number of anilines is 1. The van der Waals surface area contributed by atoms with Crippen molar-refractivity contribution in [3.05, 3.63) is 96.1 Å². The maximum Gasteiger partial charge on any atom is 0.0627 e. The number of aliphatic imine (C=N–C) groups is 1. The van der Waals surface area contributed by atoms with Gasteiger partial charge in [0, 0.05) is 31.9 Å². The molecule has 0 aliphatic rings. The molecule has 0 unspecified atom stereocenters. The second kappa shape index (κ2) is 7.60. The Hall–Kier alpha value is -2.87. The Labute approximate surface area is 144 Å². The number of hydrogen-bond donors (Lipinski definition) is 0. The highest BCUT2D eigenvalue weighted by Crippen LogP contribution is 2.24. The normalized spacial score (nSPS) is 11.1. The van der Waals surface area contributed by atoms with Gasteiger partial charge in [-0.1, -0.05) is 60.7 Å². The van der Waals surface area contributed by atoms with Crippen LogP contribution in [0.1, 0.15) is 17.0 Å². The molecule has 0 aromatic heterocycles. The second-order valence-electron chi connectivity index (χ2n) is 5.99. The molecule has 3 aromatic carbocycles. The number of rotatable bonds is 5. The molecule has 24 heavy (non-hydrogen) atoms. The summed E-state index contributed by atoms with van der Waals surface area (Å²) >= 11 is 0. The summed E-state index contributed by atoms with van der Waals surface area (Å²) in [6.07, 6.45) is 2.04. The fourth-order valence-corrected chi connectivity index (χ4v) is 2.68. The van der Waals surface area contributed by atoms with Crippen LogP contribution in [0.4, 0.5) is 11.4 Å². The Kier molecular flexibility index (Phi) is 5.07. The van der Waals surface area contributed by atoms with Gasteiger partial charge in [-0.3, -0.25) is 4.99 Å². The number of nitrogens with zero attached hydrogens (tertiary/aromatic N) is 2. The van der Waals surface area contributed by atoms with Crippen LogP contribution in [0.25, 0.3) is 0 Å². The van der Waals surface area contributed by atoms with Crippen LogP contribution in [0, 0.1) is 0 Å². The summed E-state index contributed by atoms with van der Waals surface area (Å²) in [6.45, 7) is 0. The summed E-state index contributed by atoms with van der Waals surface area (Å²) < 4.78 is 0. The average Bonchev–Trinajstić information content (AvgIpc) is 2.64. The van der Waals surface area contributed by atoms with Crippen LogP contribution in [0.5, 0.6) is 0 Å². The van der Waals surface area contributed by atoms with Gasteiger partial charge in [0.1, 0.15) is 0 Å². The van der Waals surface area contributed by atoms with Gasteiger partial charge in [-0.15, -0.1) is 0 Å². The number of benzene rings is 3. The monoisotopic (exact) mass is 314 g/mol. The Morgan fingerprint density at radius 1 is 0.708 bits per heavy atom. The van der Waals surface area contributed by atoms with Gasteiger partial charge in [0.15, 0.2) is 0 Å². The van der Waals surface area contributed by atoms with Crippen LogP contribution in [0.3, 0.4) is 0 Å². The Bertz CT molecular complexity index is 736. The van der Waals surface area contributed by atoms with E-state index in [2.05, 4.69) is 77.7 Å². The zero-order valence-electron chi connectivity index (χ0n) is 14.1. The maximum absolute atomic E-state index is 4.72. The summed E-state index contributed by atoms with van der Waals surface area (Å²) in [6, 6.07) is 29.3. The molecule has 0 N–H and O–H groups in total. The molecule has 0 aliphatic carbocycles. The van der Waals surface area contributed by atoms with E-state index in [0.29, 0.717) is 0 Å². The predicted octanol–water partition coefficient (Wildman–Crippen LogP) is 5.29. The highest BCUT2D eigenvalue weighted by Gasteiger charge is 2.10. The minimum Gasteiger partial charge on any atom is -0.378 e. The van der Waals surface area contributed by atoms with Crippen molar-refractivity contribution in [3.63, 3.8) is 0 Å². The van der Waals surface area contributed by atoms with E-state index in [1.165, 1.54) is 16.8 Å². The van der Waals surface area contributed by atoms with Gasteiger partial charge in [-0.2, -0.15) is 0 Å². The summed E-state index contributed by atoms with van der Waals surface area (Å²) in [7, 11) is 4.08. The summed E-state index contributed by atoms with van der Waals surface area (Å²) in [5, 5.41) is 0. The lowest BCUT2D eigenvalue weighted by atomic mass is 9.92. The van der Waals surface area contributed by atoms with Crippen molar-refractivity contribution in [1.29, 1.82) is 0 Å². The van der Waals surface area contributed by atoms with Crippen molar-refractivity contribution >= 4 is 17.6 Å². The van der Waals surface area contributed by atoms with Gasteiger partial charge in [-0.05, 0) is 35.4 Å². The third kappa shape index (κ3) is 3.90. The smallest absolute Gasteiger partial charge is 0.0627 e. The van der Waals surface area contributed by atoms with Crippen molar-refractivity contribution in [2.75, 3.05) is 19.0 Å². The van der Waals surface area contributed by atoms with Gasteiger partial charge in [0.2, 0.25) is 0 Å². The lowest BCUT2D eigenvalue weighted by Crippen LogP contribution is -2.07. The molecule has 0 atom stereocenters. The minimum absolute atomic E-state index is 0.154. The van der Waals surface area contributed by atoms with E-state index in [1.54, 1.807) is 0 Å². The molecule has 3 rings (SSSR count). The molecule has 0 fully saturated rings. The lowest BCUT2D eigenvalue weighted by molar-refractivity contribution is 1.10. The topological polar surface area (TPSA) is 15.6 Å². The van der Waals surface area contributed by atoms with Crippen LogP contribution in [-0.2, 0) is 0 Å². The quantitative estimate of drug-likeness (QED) is 0.584. The van der Waals surface area contributed by atoms with Gasteiger partial charge >= 0.3 is 0 Å². The van der Waals surface area contributed by atoms with Crippen molar-refractivity contribution in [2.45, 2.75) is 5.92 Å². The van der Waals surface area contributed by atoms with E-state index in [-0.39, 0.29) is 5.92 Å². The molecule has 0 amide bonds. The molecule has 0 saturated heterocycles. The molecule has 0 aliphatic heterocycles. The Morgan fingerprint density at radius 2 is 1.21 bits per heavy atom. The maximum atomic E-state index is 4.72. The van der Waals surface area contributed by atoms with E-state index in [4.69, 9.17) is 4.99 Å². The predicted molar refractivity (Wildman–Crippen MR) is 104 cm³/mol. The zero-order valence-corrected chi connectivity index (χ0v) is 14.1. The van der Waals surface area contributed by atoms with Gasteiger partial charge in [0.25, 0.3) is 0 Å².